The third-order valence-corrected chi connectivity index (χ3v) is 2.02. The summed E-state index contributed by atoms with van der Waals surface area (Å²) in [5.41, 5.74) is 1.53. The van der Waals surface area contributed by atoms with E-state index in [-0.39, 0.29) is 12.1 Å². The molecule has 0 saturated carbocycles. The Hall–Kier alpha value is -1.55. The Morgan fingerprint density at radius 2 is 2.15 bits per heavy atom. The van der Waals surface area contributed by atoms with Crippen molar-refractivity contribution in [2.45, 2.75) is 6.17 Å². The topological polar surface area (TPSA) is 53.8 Å². The number of carbonyl (C=O) groups is 1. The van der Waals surface area contributed by atoms with Crippen LogP contribution in [0.3, 0.4) is 0 Å². The zero-order valence-corrected chi connectivity index (χ0v) is 7.19. The van der Waals surface area contributed by atoms with Gasteiger partial charge < -0.3 is 0 Å². The van der Waals surface area contributed by atoms with Crippen LogP contribution in [0.1, 0.15) is 22.1 Å². The van der Waals surface area contributed by atoms with E-state index in [1.54, 1.807) is 13.1 Å². The van der Waals surface area contributed by atoms with Crippen LogP contribution < -0.4 is 5.32 Å². The molecule has 0 saturated heterocycles. The molecule has 4 heteroatoms. The fourth-order valence-corrected chi connectivity index (χ4v) is 1.37. The van der Waals surface area contributed by atoms with Gasteiger partial charge in [0.2, 0.25) is 0 Å². The smallest absolute Gasteiger partial charge is 0.293 e. The summed E-state index contributed by atoms with van der Waals surface area (Å²) in [6.07, 6.45) is -0.186. The molecule has 4 nitrogen and oxygen atoms in total. The van der Waals surface area contributed by atoms with Gasteiger partial charge in [-0.25, -0.2) is 0 Å². The molecule has 1 aliphatic heterocycles. The van der Waals surface area contributed by atoms with E-state index in [4.69, 9.17) is 0 Å². The Labute approximate surface area is 75.7 Å². The van der Waals surface area contributed by atoms with Gasteiger partial charge in [0.15, 0.2) is 0 Å². The zero-order valence-electron chi connectivity index (χ0n) is 7.19. The summed E-state index contributed by atoms with van der Waals surface area (Å²) in [5, 5.41) is 10.3. The van der Waals surface area contributed by atoms with Crippen molar-refractivity contribution in [2.24, 2.45) is 10.2 Å². The van der Waals surface area contributed by atoms with Crippen molar-refractivity contribution < 1.29 is 4.79 Å². The quantitative estimate of drug-likeness (QED) is 0.703. The summed E-state index contributed by atoms with van der Waals surface area (Å²) >= 11 is 0. The first kappa shape index (κ1) is 8.07. The first-order valence-corrected chi connectivity index (χ1v) is 4.04. The van der Waals surface area contributed by atoms with Crippen molar-refractivity contribution >= 4 is 5.91 Å². The van der Waals surface area contributed by atoms with Gasteiger partial charge in [-0.05, 0) is 13.1 Å². The summed E-state index contributed by atoms with van der Waals surface area (Å²) in [4.78, 5) is 11.3. The van der Waals surface area contributed by atoms with Crippen LogP contribution in [0.5, 0.6) is 0 Å². The first-order chi connectivity index (χ1) is 6.33. The number of hydrogen-bond donors (Lipinski definition) is 1. The summed E-state index contributed by atoms with van der Waals surface area (Å²) < 4.78 is 0. The molecule has 1 aromatic carbocycles. The van der Waals surface area contributed by atoms with Gasteiger partial charge in [-0.15, -0.1) is 5.11 Å². The highest BCUT2D eigenvalue weighted by Crippen LogP contribution is 2.24. The second kappa shape index (κ2) is 3.06. The summed E-state index contributed by atoms with van der Waals surface area (Å²) in [6.45, 7) is 0. The van der Waals surface area contributed by atoms with Crippen LogP contribution in [0.25, 0.3) is 0 Å². The maximum absolute atomic E-state index is 11.3. The molecule has 2 rings (SSSR count). The van der Waals surface area contributed by atoms with Gasteiger partial charge in [0.25, 0.3) is 5.91 Å². The molecule has 1 unspecified atom stereocenters. The fraction of sp³-hybridized carbons (Fsp3) is 0.222. The predicted molar refractivity (Wildman–Crippen MR) is 47.4 cm³/mol. The van der Waals surface area contributed by atoms with E-state index < -0.39 is 0 Å². The van der Waals surface area contributed by atoms with Gasteiger partial charge in [-0.1, -0.05) is 18.2 Å². The molecule has 1 N–H and O–H groups in total. The summed E-state index contributed by atoms with van der Waals surface area (Å²) in [7, 11) is 1.79. The predicted octanol–water partition coefficient (Wildman–Crippen LogP) is 1.51. The lowest BCUT2D eigenvalue weighted by Crippen LogP contribution is -2.20. The molecule has 0 bridgehead atoms. The van der Waals surface area contributed by atoms with Crippen LogP contribution in [0.15, 0.2) is 34.5 Å². The van der Waals surface area contributed by atoms with Gasteiger partial charge in [-0.2, -0.15) is 5.11 Å². The van der Waals surface area contributed by atoms with E-state index in [2.05, 4.69) is 15.5 Å². The SMILES string of the molecule is CNC1N=NC(=O)c2ccccc21. The lowest BCUT2D eigenvalue weighted by molar-refractivity contribution is 0.0983. The van der Waals surface area contributed by atoms with Crippen LogP contribution in [0.4, 0.5) is 0 Å². The summed E-state index contributed by atoms with van der Waals surface area (Å²) in [6, 6.07) is 7.36. The number of fused-ring (bicyclic) bond motifs is 1. The molecule has 1 atom stereocenters. The van der Waals surface area contributed by atoms with Crippen LogP contribution in [0, 0.1) is 0 Å². The Bertz CT molecular complexity index is 373. The molecule has 1 aliphatic rings. The molecule has 66 valence electrons. The molecule has 1 amide bonds. The minimum absolute atomic E-state index is 0.186. The second-order valence-corrected chi connectivity index (χ2v) is 2.80. The number of nitrogens with zero attached hydrogens (tertiary/aromatic N) is 2. The van der Waals surface area contributed by atoms with E-state index in [1.807, 2.05) is 18.2 Å². The number of carbonyl (C=O) groups excluding carboxylic acids is 1. The highest BCUT2D eigenvalue weighted by Gasteiger charge is 2.21. The number of nitrogens with one attached hydrogen (secondary N) is 1. The van der Waals surface area contributed by atoms with E-state index >= 15 is 0 Å². The van der Waals surface area contributed by atoms with Gasteiger partial charge in [0.05, 0.1) is 5.56 Å². The van der Waals surface area contributed by atoms with Gasteiger partial charge in [-0.3, -0.25) is 10.1 Å². The Kier molecular flexibility index (Phi) is 1.90. The molecule has 1 heterocycles. The third kappa shape index (κ3) is 1.25. The molecule has 0 radical (unpaired) electrons. The van der Waals surface area contributed by atoms with Crippen molar-refractivity contribution in [3.63, 3.8) is 0 Å². The average Bonchev–Trinajstić information content (AvgIpc) is 2.19. The molecule has 13 heavy (non-hydrogen) atoms. The zero-order chi connectivity index (χ0) is 9.26. The molecule has 1 aromatic rings. The van der Waals surface area contributed by atoms with E-state index in [0.717, 1.165) is 5.56 Å². The van der Waals surface area contributed by atoms with E-state index in [1.165, 1.54) is 0 Å². The Balaban J connectivity index is 2.54. The Morgan fingerprint density at radius 1 is 1.38 bits per heavy atom. The van der Waals surface area contributed by atoms with E-state index in [9.17, 15) is 4.79 Å². The maximum atomic E-state index is 11.3. The number of benzene rings is 1. The summed E-state index contributed by atoms with van der Waals surface area (Å²) in [5.74, 6) is -0.262. The van der Waals surface area contributed by atoms with E-state index in [0.29, 0.717) is 5.56 Å². The lowest BCUT2D eigenvalue weighted by atomic mass is 10.0. The van der Waals surface area contributed by atoms with Gasteiger partial charge in [0, 0.05) is 5.56 Å². The van der Waals surface area contributed by atoms with Crippen molar-refractivity contribution in [1.29, 1.82) is 0 Å². The van der Waals surface area contributed by atoms with Gasteiger partial charge in [0.1, 0.15) is 6.17 Å². The monoisotopic (exact) mass is 175 g/mol. The van der Waals surface area contributed by atoms with Crippen LogP contribution in [0.2, 0.25) is 0 Å². The molecule has 0 aromatic heterocycles. The first-order valence-electron chi connectivity index (χ1n) is 4.04. The van der Waals surface area contributed by atoms with Crippen molar-refractivity contribution in [1.82, 2.24) is 5.32 Å². The number of hydrogen-bond acceptors (Lipinski definition) is 3. The third-order valence-electron chi connectivity index (χ3n) is 2.02. The number of rotatable bonds is 1. The van der Waals surface area contributed by atoms with Crippen LogP contribution >= 0.6 is 0 Å². The van der Waals surface area contributed by atoms with Crippen LogP contribution in [-0.2, 0) is 0 Å². The largest absolute Gasteiger partial charge is 0.295 e. The molecule has 0 spiro atoms. The second-order valence-electron chi connectivity index (χ2n) is 2.80. The molecular formula is C9H9N3O. The van der Waals surface area contributed by atoms with Crippen LogP contribution in [-0.4, -0.2) is 13.0 Å². The van der Waals surface area contributed by atoms with Crippen molar-refractivity contribution in [2.75, 3.05) is 7.05 Å². The molecule has 0 fully saturated rings. The lowest BCUT2D eigenvalue weighted by Gasteiger charge is -2.16. The Morgan fingerprint density at radius 3 is 2.92 bits per heavy atom. The minimum atomic E-state index is -0.262. The minimum Gasteiger partial charge on any atom is -0.293 e. The van der Waals surface area contributed by atoms with Gasteiger partial charge >= 0.3 is 0 Å². The standard InChI is InChI=1S/C9H9N3O/c1-10-8-6-4-2-3-5-7(6)9(13)12-11-8/h2-5,8,10H,1H3. The normalized spacial score (nSPS) is 20.1. The maximum Gasteiger partial charge on any atom is 0.295 e. The van der Waals surface area contributed by atoms with Crippen molar-refractivity contribution in [3.8, 4) is 0 Å². The average molecular weight is 175 g/mol. The molecular weight excluding hydrogens is 166 g/mol. The molecule has 0 aliphatic carbocycles. The highest BCUT2D eigenvalue weighted by molar-refractivity contribution is 5.96. The number of azo groups is 1. The van der Waals surface area contributed by atoms with Crippen molar-refractivity contribution in [3.05, 3.63) is 35.4 Å². The number of amides is 1. The highest BCUT2D eigenvalue weighted by atomic mass is 16.1. The fourth-order valence-electron chi connectivity index (χ4n) is 1.37.